The quantitative estimate of drug-likeness (QED) is 0.648. The van der Waals surface area contributed by atoms with Crippen LogP contribution in [-0.2, 0) is 20.9 Å². The molecule has 0 fully saturated rings. The Hall–Kier alpha value is -1.75. The maximum atomic E-state index is 11.7. The Morgan fingerprint density at radius 2 is 1.85 bits per heavy atom. The first-order valence-electron chi connectivity index (χ1n) is 6.24. The number of halogens is 1. The van der Waals surface area contributed by atoms with Gasteiger partial charge in [-0.05, 0) is 11.5 Å². The van der Waals surface area contributed by atoms with Crippen LogP contribution in [0.1, 0.15) is 19.4 Å². The summed E-state index contributed by atoms with van der Waals surface area (Å²) in [5.41, 5.74) is 0.868. The highest BCUT2D eigenvalue weighted by molar-refractivity contribution is 6.17. The van der Waals surface area contributed by atoms with Crippen LogP contribution >= 0.6 is 11.6 Å². The third-order valence-corrected chi connectivity index (χ3v) is 2.71. The summed E-state index contributed by atoms with van der Waals surface area (Å²) in [5, 5.41) is 2.48. The van der Waals surface area contributed by atoms with Crippen LogP contribution in [-0.4, -0.2) is 24.2 Å². The molecule has 20 heavy (non-hydrogen) atoms. The lowest BCUT2D eigenvalue weighted by Gasteiger charge is -2.19. The third-order valence-electron chi connectivity index (χ3n) is 2.60. The summed E-state index contributed by atoms with van der Waals surface area (Å²) in [7, 11) is 0. The molecule has 1 atom stereocenters. The summed E-state index contributed by atoms with van der Waals surface area (Å²) < 4.78 is 9.73. The van der Waals surface area contributed by atoms with Crippen molar-refractivity contribution in [2.75, 3.05) is 6.07 Å². The Balaban J connectivity index is 2.48. The normalized spacial score (nSPS) is 11.8. The van der Waals surface area contributed by atoms with Crippen molar-refractivity contribution in [3.63, 3.8) is 0 Å². The number of amides is 1. The molecule has 0 radical (unpaired) electrons. The topological polar surface area (TPSA) is 64.6 Å². The van der Waals surface area contributed by atoms with Crippen molar-refractivity contribution in [3.05, 3.63) is 35.9 Å². The number of rotatable bonds is 6. The second kappa shape index (κ2) is 8.43. The van der Waals surface area contributed by atoms with Crippen molar-refractivity contribution in [1.29, 1.82) is 0 Å². The van der Waals surface area contributed by atoms with Crippen molar-refractivity contribution in [1.82, 2.24) is 5.32 Å². The lowest BCUT2D eigenvalue weighted by atomic mass is 10.1. The molecule has 0 aromatic heterocycles. The van der Waals surface area contributed by atoms with Gasteiger partial charge in [0, 0.05) is 0 Å². The largest absolute Gasteiger partial charge is 0.448 e. The van der Waals surface area contributed by atoms with E-state index in [2.05, 4.69) is 10.1 Å². The second-order valence-corrected chi connectivity index (χ2v) is 4.72. The van der Waals surface area contributed by atoms with Crippen LogP contribution in [0.3, 0.4) is 0 Å². The lowest BCUT2D eigenvalue weighted by molar-refractivity contribution is -0.145. The van der Waals surface area contributed by atoms with Crippen molar-refractivity contribution in [2.45, 2.75) is 26.5 Å². The van der Waals surface area contributed by atoms with E-state index in [-0.39, 0.29) is 18.6 Å². The molecule has 1 N–H and O–H groups in total. The monoisotopic (exact) mass is 299 g/mol. The van der Waals surface area contributed by atoms with Crippen molar-refractivity contribution in [3.8, 4) is 0 Å². The van der Waals surface area contributed by atoms with E-state index in [1.807, 2.05) is 30.3 Å². The van der Waals surface area contributed by atoms with Crippen LogP contribution in [0.25, 0.3) is 0 Å². The maximum Gasteiger partial charge on any atom is 0.408 e. The van der Waals surface area contributed by atoms with Gasteiger partial charge in [0.05, 0.1) is 0 Å². The average Bonchev–Trinajstić information content (AvgIpc) is 2.43. The molecule has 0 heterocycles. The van der Waals surface area contributed by atoms with Gasteiger partial charge in [-0.15, -0.1) is 0 Å². The molecule has 1 amide bonds. The van der Waals surface area contributed by atoms with E-state index in [0.717, 1.165) is 5.56 Å². The molecule has 110 valence electrons. The van der Waals surface area contributed by atoms with E-state index in [1.165, 1.54) is 0 Å². The van der Waals surface area contributed by atoms with Gasteiger partial charge >= 0.3 is 12.1 Å². The fourth-order valence-electron chi connectivity index (χ4n) is 1.53. The van der Waals surface area contributed by atoms with Gasteiger partial charge in [-0.3, -0.25) is 0 Å². The minimum atomic E-state index is -0.781. The number of esters is 1. The zero-order valence-corrected chi connectivity index (χ0v) is 12.2. The zero-order valence-electron chi connectivity index (χ0n) is 11.5. The van der Waals surface area contributed by atoms with Gasteiger partial charge in [0.1, 0.15) is 12.6 Å². The highest BCUT2D eigenvalue weighted by atomic mass is 35.5. The molecular weight excluding hydrogens is 282 g/mol. The van der Waals surface area contributed by atoms with Gasteiger partial charge in [-0.1, -0.05) is 55.8 Å². The zero-order chi connectivity index (χ0) is 15.0. The molecule has 0 aliphatic carbocycles. The standard InChI is InChI=1S/C14H18ClNO4/c1-10(2)12(13(17)20-9-15)16-14(18)19-8-11-6-4-3-5-7-11/h3-7,10,12H,8-9H2,1-2H3,(H,16,18)/t12-/m1/s1. The van der Waals surface area contributed by atoms with Crippen molar-refractivity contribution in [2.24, 2.45) is 5.92 Å². The highest BCUT2D eigenvalue weighted by Crippen LogP contribution is 2.06. The van der Waals surface area contributed by atoms with Gasteiger partial charge < -0.3 is 14.8 Å². The number of hydrogen-bond donors (Lipinski definition) is 1. The van der Waals surface area contributed by atoms with E-state index in [0.29, 0.717) is 0 Å². The smallest absolute Gasteiger partial charge is 0.408 e. The highest BCUT2D eigenvalue weighted by Gasteiger charge is 2.26. The molecule has 1 aromatic carbocycles. The van der Waals surface area contributed by atoms with Gasteiger partial charge in [-0.25, -0.2) is 9.59 Å². The Labute approximate surface area is 123 Å². The number of alkyl halides is 1. The van der Waals surface area contributed by atoms with Crippen molar-refractivity contribution < 1.29 is 19.1 Å². The Bertz CT molecular complexity index is 436. The number of hydrogen-bond acceptors (Lipinski definition) is 4. The van der Waals surface area contributed by atoms with Crippen molar-refractivity contribution >= 4 is 23.7 Å². The number of carbonyl (C=O) groups excluding carboxylic acids is 2. The Kier molecular flexibility index (Phi) is 6.87. The number of alkyl carbamates (subject to hydrolysis) is 1. The summed E-state index contributed by atoms with van der Waals surface area (Å²) in [4.78, 5) is 23.3. The number of ether oxygens (including phenoxy) is 2. The Morgan fingerprint density at radius 3 is 2.40 bits per heavy atom. The van der Waals surface area contributed by atoms with E-state index < -0.39 is 18.1 Å². The number of carbonyl (C=O) groups is 2. The summed E-state index contributed by atoms with van der Waals surface area (Å²) in [6.45, 7) is 3.72. The third kappa shape index (κ3) is 5.48. The molecule has 6 heteroatoms. The van der Waals surface area contributed by atoms with E-state index in [1.54, 1.807) is 13.8 Å². The Morgan fingerprint density at radius 1 is 1.20 bits per heavy atom. The summed E-state index contributed by atoms with van der Waals surface area (Å²) in [6.07, 6.45) is -0.668. The summed E-state index contributed by atoms with van der Waals surface area (Å²) in [6, 6.07) is 8.24. The minimum Gasteiger partial charge on any atom is -0.448 e. The molecule has 1 aromatic rings. The molecule has 0 saturated carbocycles. The number of benzene rings is 1. The van der Waals surface area contributed by atoms with E-state index in [4.69, 9.17) is 16.3 Å². The molecule has 0 unspecified atom stereocenters. The van der Waals surface area contributed by atoms with Crippen LogP contribution in [0.15, 0.2) is 30.3 Å². The first-order valence-corrected chi connectivity index (χ1v) is 6.78. The SMILES string of the molecule is CC(C)[C@@H](NC(=O)OCc1ccccc1)C(=O)OCCl. The lowest BCUT2D eigenvalue weighted by Crippen LogP contribution is -2.45. The number of nitrogens with one attached hydrogen (secondary N) is 1. The maximum absolute atomic E-state index is 11.7. The van der Waals surface area contributed by atoms with Gasteiger partial charge in [-0.2, -0.15) is 0 Å². The van der Waals surface area contributed by atoms with Crippen LogP contribution in [0.2, 0.25) is 0 Å². The summed E-state index contributed by atoms with van der Waals surface area (Å²) in [5.74, 6) is -0.707. The van der Waals surface area contributed by atoms with Crippen LogP contribution in [0.4, 0.5) is 4.79 Å². The molecule has 0 spiro atoms. The predicted octanol–water partition coefficient (Wildman–Crippen LogP) is 2.68. The fraction of sp³-hybridized carbons (Fsp3) is 0.429. The first kappa shape index (κ1) is 16.3. The average molecular weight is 300 g/mol. The molecular formula is C14H18ClNO4. The minimum absolute atomic E-state index is 0.130. The van der Waals surface area contributed by atoms with E-state index >= 15 is 0 Å². The molecule has 5 nitrogen and oxygen atoms in total. The van der Waals surface area contributed by atoms with Crippen LogP contribution in [0, 0.1) is 5.92 Å². The second-order valence-electron chi connectivity index (χ2n) is 4.50. The molecule has 0 bridgehead atoms. The first-order chi connectivity index (χ1) is 9.54. The fourth-order valence-corrected chi connectivity index (χ4v) is 1.64. The van der Waals surface area contributed by atoms with Gasteiger partial charge in [0.15, 0.2) is 6.07 Å². The van der Waals surface area contributed by atoms with Crippen LogP contribution < -0.4 is 5.32 Å². The van der Waals surface area contributed by atoms with Crippen LogP contribution in [0.5, 0.6) is 0 Å². The molecule has 0 aliphatic rings. The molecule has 0 saturated heterocycles. The van der Waals surface area contributed by atoms with Gasteiger partial charge in [0.25, 0.3) is 0 Å². The molecule has 1 rings (SSSR count). The predicted molar refractivity (Wildman–Crippen MR) is 75.2 cm³/mol. The summed E-state index contributed by atoms with van der Waals surface area (Å²) >= 11 is 5.34. The van der Waals surface area contributed by atoms with Gasteiger partial charge in [0.2, 0.25) is 0 Å². The van der Waals surface area contributed by atoms with E-state index in [9.17, 15) is 9.59 Å². The molecule has 0 aliphatic heterocycles.